The monoisotopic (exact) mass is 695 g/mol. The van der Waals surface area contributed by atoms with Crippen LogP contribution >= 0.6 is 45.8 Å². The third kappa shape index (κ3) is 5.55. The van der Waals surface area contributed by atoms with Crippen LogP contribution in [0.15, 0.2) is 99.2 Å². The Labute approximate surface area is 258 Å². The molecule has 0 bridgehead atoms. The van der Waals surface area contributed by atoms with E-state index in [4.69, 9.17) is 42.1 Å². The number of methoxy groups -OCH3 is 1. The standard InChI is InChI=1S/C31H20Cl2IN3O4/c1-39-26-7-4-8-27-22(26)15-29(41-27)30-36-25-6-3-2-5-21(25)31(38)37(30)35-16-18-9-12-28(24(34)13-18)40-17-19-10-11-20(32)14-23(19)33/h2-16H,17H2,1H3. The number of benzene rings is 4. The van der Waals surface area contributed by atoms with Crippen molar-refractivity contribution in [3.05, 3.63) is 120 Å². The molecule has 2 heterocycles. The minimum Gasteiger partial charge on any atom is -0.496 e. The van der Waals surface area contributed by atoms with Gasteiger partial charge in [-0.3, -0.25) is 4.79 Å². The number of hydrogen-bond donors (Lipinski definition) is 0. The van der Waals surface area contributed by atoms with E-state index >= 15 is 0 Å². The van der Waals surface area contributed by atoms with Gasteiger partial charge in [-0.2, -0.15) is 9.78 Å². The third-order valence-corrected chi connectivity index (χ3v) is 7.82. The van der Waals surface area contributed by atoms with Gasteiger partial charge in [0.25, 0.3) is 5.56 Å². The zero-order valence-corrected chi connectivity index (χ0v) is 25.1. The lowest BCUT2D eigenvalue weighted by Gasteiger charge is -2.10. The fourth-order valence-electron chi connectivity index (χ4n) is 4.35. The zero-order chi connectivity index (χ0) is 28.5. The van der Waals surface area contributed by atoms with E-state index in [-0.39, 0.29) is 11.4 Å². The lowest BCUT2D eigenvalue weighted by atomic mass is 10.2. The molecule has 0 aliphatic rings. The first kappa shape index (κ1) is 27.3. The van der Waals surface area contributed by atoms with Gasteiger partial charge in [-0.25, -0.2) is 4.98 Å². The molecule has 0 saturated carbocycles. The van der Waals surface area contributed by atoms with Crippen molar-refractivity contribution in [2.75, 3.05) is 7.11 Å². The number of para-hydroxylation sites is 1. The van der Waals surface area contributed by atoms with Crippen LogP contribution in [-0.2, 0) is 6.61 Å². The van der Waals surface area contributed by atoms with E-state index in [1.807, 2.05) is 48.5 Å². The molecule has 4 aromatic carbocycles. The zero-order valence-electron chi connectivity index (χ0n) is 21.5. The van der Waals surface area contributed by atoms with Crippen molar-refractivity contribution >= 4 is 73.9 Å². The molecular weight excluding hydrogens is 676 g/mol. The Morgan fingerprint density at radius 3 is 2.63 bits per heavy atom. The summed E-state index contributed by atoms with van der Waals surface area (Å²) in [5.74, 6) is 2.02. The Kier molecular flexibility index (Phi) is 7.70. The fourth-order valence-corrected chi connectivity index (χ4v) is 5.50. The van der Waals surface area contributed by atoms with Gasteiger partial charge in [0, 0.05) is 15.6 Å². The summed E-state index contributed by atoms with van der Waals surface area (Å²) in [6.07, 6.45) is 1.60. The van der Waals surface area contributed by atoms with Crippen LogP contribution in [0, 0.1) is 3.57 Å². The molecule has 0 amide bonds. The van der Waals surface area contributed by atoms with E-state index < -0.39 is 0 Å². The quantitative estimate of drug-likeness (QED) is 0.124. The Balaban J connectivity index is 1.35. The molecule has 0 unspecified atom stereocenters. The minimum atomic E-state index is -0.316. The van der Waals surface area contributed by atoms with Gasteiger partial charge in [0.05, 0.1) is 33.2 Å². The van der Waals surface area contributed by atoms with E-state index in [9.17, 15) is 4.79 Å². The van der Waals surface area contributed by atoms with Gasteiger partial charge in [-0.15, -0.1) is 0 Å². The first-order valence-corrected chi connectivity index (χ1v) is 14.2. The van der Waals surface area contributed by atoms with Gasteiger partial charge >= 0.3 is 0 Å². The molecule has 6 rings (SSSR count). The van der Waals surface area contributed by atoms with Crippen molar-refractivity contribution in [2.24, 2.45) is 5.10 Å². The second kappa shape index (κ2) is 11.6. The topological polar surface area (TPSA) is 78.9 Å². The summed E-state index contributed by atoms with van der Waals surface area (Å²) in [5.41, 5.74) is 2.44. The van der Waals surface area contributed by atoms with Crippen molar-refractivity contribution in [1.29, 1.82) is 0 Å². The van der Waals surface area contributed by atoms with Crippen LogP contribution in [-0.4, -0.2) is 23.0 Å². The summed E-state index contributed by atoms with van der Waals surface area (Å²) in [7, 11) is 1.60. The van der Waals surface area contributed by atoms with Crippen LogP contribution in [0.2, 0.25) is 10.0 Å². The van der Waals surface area contributed by atoms with Crippen molar-refractivity contribution < 1.29 is 13.9 Å². The minimum absolute atomic E-state index is 0.276. The number of aromatic nitrogens is 2. The number of halogens is 3. The molecule has 41 heavy (non-hydrogen) atoms. The molecule has 6 aromatic rings. The highest BCUT2D eigenvalue weighted by Gasteiger charge is 2.18. The Morgan fingerprint density at radius 2 is 1.83 bits per heavy atom. The molecule has 204 valence electrons. The molecule has 0 spiro atoms. The second-order valence-corrected chi connectivity index (χ2v) is 11.0. The average molecular weight is 696 g/mol. The Morgan fingerprint density at radius 1 is 0.976 bits per heavy atom. The summed E-state index contributed by atoms with van der Waals surface area (Å²) in [6, 6.07) is 25.4. The normalized spacial score (nSPS) is 11.5. The molecule has 0 radical (unpaired) electrons. The Hall–Kier alpha value is -3.86. The SMILES string of the molecule is COc1cccc2oc(-c3nc4ccccc4c(=O)n3N=Cc3ccc(OCc4ccc(Cl)cc4Cl)c(I)c3)cc12. The molecule has 0 atom stereocenters. The van der Waals surface area contributed by atoms with Gasteiger partial charge in [0.2, 0.25) is 5.82 Å². The van der Waals surface area contributed by atoms with Gasteiger partial charge in [-0.1, -0.05) is 47.5 Å². The van der Waals surface area contributed by atoms with Crippen molar-refractivity contribution in [3.8, 4) is 23.1 Å². The molecule has 0 saturated heterocycles. The third-order valence-electron chi connectivity index (χ3n) is 6.39. The highest BCUT2D eigenvalue weighted by molar-refractivity contribution is 14.1. The lowest BCUT2D eigenvalue weighted by Crippen LogP contribution is -2.20. The van der Waals surface area contributed by atoms with E-state index in [0.29, 0.717) is 50.4 Å². The van der Waals surface area contributed by atoms with E-state index in [1.54, 1.807) is 49.7 Å². The summed E-state index contributed by atoms with van der Waals surface area (Å²) < 4.78 is 19.7. The van der Waals surface area contributed by atoms with Crippen LogP contribution in [0.5, 0.6) is 11.5 Å². The number of nitrogens with zero attached hydrogens (tertiary/aromatic N) is 3. The fraction of sp³-hybridized carbons (Fsp3) is 0.0645. The largest absolute Gasteiger partial charge is 0.496 e. The molecule has 2 aromatic heterocycles. The maximum atomic E-state index is 13.6. The number of furan rings is 1. The molecule has 10 heteroatoms. The van der Waals surface area contributed by atoms with Gasteiger partial charge in [-0.05, 0) is 88.8 Å². The van der Waals surface area contributed by atoms with Crippen LogP contribution in [0.3, 0.4) is 0 Å². The first-order chi connectivity index (χ1) is 19.9. The van der Waals surface area contributed by atoms with Gasteiger partial charge in [0.15, 0.2) is 5.76 Å². The number of rotatable bonds is 7. The summed E-state index contributed by atoms with van der Waals surface area (Å²) in [5, 5.41) is 6.88. The number of ether oxygens (including phenoxy) is 2. The van der Waals surface area contributed by atoms with E-state index in [2.05, 4.69) is 27.7 Å². The Bertz CT molecular complexity index is 2020. The lowest BCUT2D eigenvalue weighted by molar-refractivity contribution is 0.304. The van der Waals surface area contributed by atoms with Crippen molar-refractivity contribution in [3.63, 3.8) is 0 Å². The van der Waals surface area contributed by atoms with Crippen LogP contribution in [0.25, 0.3) is 33.5 Å². The van der Waals surface area contributed by atoms with Gasteiger partial charge in [0.1, 0.15) is 23.7 Å². The molecule has 0 fully saturated rings. The van der Waals surface area contributed by atoms with Crippen LogP contribution < -0.4 is 15.0 Å². The van der Waals surface area contributed by atoms with Crippen LogP contribution in [0.4, 0.5) is 0 Å². The summed E-state index contributed by atoms with van der Waals surface area (Å²) in [4.78, 5) is 18.3. The summed E-state index contributed by atoms with van der Waals surface area (Å²) >= 11 is 14.5. The number of hydrogen-bond acceptors (Lipinski definition) is 6. The smallest absolute Gasteiger partial charge is 0.282 e. The van der Waals surface area contributed by atoms with Crippen LogP contribution in [0.1, 0.15) is 11.1 Å². The maximum absolute atomic E-state index is 13.6. The average Bonchev–Trinajstić information content (AvgIpc) is 3.41. The predicted molar refractivity (Wildman–Crippen MR) is 171 cm³/mol. The van der Waals surface area contributed by atoms with Crippen molar-refractivity contribution in [1.82, 2.24) is 9.66 Å². The maximum Gasteiger partial charge on any atom is 0.282 e. The molecule has 7 nitrogen and oxygen atoms in total. The number of fused-ring (bicyclic) bond motifs is 2. The molecular formula is C31H20Cl2IN3O4. The van der Waals surface area contributed by atoms with E-state index in [0.717, 1.165) is 20.1 Å². The van der Waals surface area contributed by atoms with Gasteiger partial charge < -0.3 is 13.9 Å². The predicted octanol–water partition coefficient (Wildman–Crippen LogP) is 8.19. The second-order valence-electron chi connectivity index (χ2n) is 9.01. The van der Waals surface area contributed by atoms with Crippen molar-refractivity contribution in [2.45, 2.75) is 6.61 Å². The highest BCUT2D eigenvalue weighted by atomic mass is 127. The first-order valence-electron chi connectivity index (χ1n) is 12.4. The van der Waals surface area contributed by atoms with E-state index in [1.165, 1.54) is 4.68 Å². The molecule has 0 N–H and O–H groups in total. The summed E-state index contributed by atoms with van der Waals surface area (Å²) in [6.45, 7) is 0.295. The highest BCUT2D eigenvalue weighted by Crippen LogP contribution is 2.33. The molecule has 0 aliphatic carbocycles. The molecule has 0 aliphatic heterocycles.